The predicted octanol–water partition coefficient (Wildman–Crippen LogP) is 1.61. The molecular weight excluding hydrogens is 170 g/mol. The zero-order chi connectivity index (χ0) is 8.44. The molecule has 1 radical (unpaired) electrons. The molecule has 1 spiro atoms. The van der Waals surface area contributed by atoms with Gasteiger partial charge in [-0.05, 0) is 5.37 Å². The van der Waals surface area contributed by atoms with Crippen molar-refractivity contribution >= 4 is 23.8 Å². The standard InChI is InChI=1S/C9H8NOS/c12-5-8-3-1-2-4-9(8)6-10-11-7-9/h1-5,8H,7H2. The van der Waals surface area contributed by atoms with Gasteiger partial charge in [0, 0.05) is 5.92 Å². The molecule has 2 nitrogen and oxygen atoms in total. The van der Waals surface area contributed by atoms with Crippen molar-refractivity contribution < 1.29 is 4.84 Å². The third-order valence-corrected chi connectivity index (χ3v) is 2.48. The van der Waals surface area contributed by atoms with Crippen molar-refractivity contribution in [1.29, 1.82) is 0 Å². The van der Waals surface area contributed by atoms with E-state index in [-0.39, 0.29) is 11.3 Å². The quantitative estimate of drug-likeness (QED) is 0.569. The van der Waals surface area contributed by atoms with E-state index in [1.54, 1.807) is 5.37 Å². The van der Waals surface area contributed by atoms with Crippen LogP contribution in [0.2, 0.25) is 0 Å². The molecule has 0 aromatic rings. The highest BCUT2D eigenvalue weighted by atomic mass is 32.1. The van der Waals surface area contributed by atoms with Gasteiger partial charge in [-0.25, -0.2) is 0 Å². The van der Waals surface area contributed by atoms with Crippen molar-refractivity contribution in [3.8, 4) is 0 Å². The lowest BCUT2D eigenvalue weighted by Crippen LogP contribution is -2.32. The summed E-state index contributed by atoms with van der Waals surface area (Å²) in [5, 5.41) is 5.39. The van der Waals surface area contributed by atoms with E-state index >= 15 is 0 Å². The Balaban J connectivity index is 2.33. The van der Waals surface area contributed by atoms with Crippen molar-refractivity contribution in [2.45, 2.75) is 0 Å². The zero-order valence-corrected chi connectivity index (χ0v) is 7.25. The third-order valence-electron chi connectivity index (χ3n) is 2.19. The van der Waals surface area contributed by atoms with Crippen LogP contribution in [0.15, 0.2) is 29.5 Å². The fraction of sp³-hybridized carbons (Fsp3) is 0.333. The summed E-state index contributed by atoms with van der Waals surface area (Å²) in [6, 6.07) is 0. The molecule has 2 rings (SSSR count). The molecule has 3 heteroatoms. The van der Waals surface area contributed by atoms with E-state index in [2.05, 4.69) is 11.4 Å². The Morgan fingerprint density at radius 2 is 2.58 bits per heavy atom. The van der Waals surface area contributed by atoms with Crippen LogP contribution in [0.5, 0.6) is 0 Å². The Hall–Kier alpha value is -0.960. The number of nitrogens with zero attached hydrogens (tertiary/aromatic N) is 1. The highest BCUT2D eigenvalue weighted by Gasteiger charge is 2.38. The van der Waals surface area contributed by atoms with Gasteiger partial charge in [0.25, 0.3) is 0 Å². The summed E-state index contributed by atoms with van der Waals surface area (Å²) >= 11 is 4.93. The second-order valence-electron chi connectivity index (χ2n) is 2.92. The number of hydrogen-bond donors (Lipinski definition) is 0. The molecule has 0 saturated heterocycles. The second-order valence-corrected chi connectivity index (χ2v) is 3.19. The van der Waals surface area contributed by atoms with Crippen LogP contribution in [0.25, 0.3) is 0 Å². The maximum Gasteiger partial charge on any atom is 0.132 e. The van der Waals surface area contributed by atoms with Crippen LogP contribution in [0.3, 0.4) is 0 Å². The van der Waals surface area contributed by atoms with Crippen LogP contribution in [0.4, 0.5) is 0 Å². The van der Waals surface area contributed by atoms with E-state index in [1.807, 2.05) is 24.3 Å². The van der Waals surface area contributed by atoms with E-state index in [4.69, 9.17) is 17.1 Å². The van der Waals surface area contributed by atoms with Gasteiger partial charge in [0.2, 0.25) is 0 Å². The summed E-state index contributed by atoms with van der Waals surface area (Å²) in [6.07, 6.45) is 11.0. The molecule has 0 bridgehead atoms. The molecule has 0 aromatic heterocycles. The lowest BCUT2D eigenvalue weighted by atomic mass is 9.76. The van der Waals surface area contributed by atoms with Crippen LogP contribution in [-0.4, -0.2) is 18.2 Å². The Bertz CT molecular complexity index is 282. The zero-order valence-electron chi connectivity index (χ0n) is 6.43. The van der Waals surface area contributed by atoms with Gasteiger partial charge in [-0.2, -0.15) is 0 Å². The Morgan fingerprint density at radius 1 is 1.67 bits per heavy atom. The van der Waals surface area contributed by atoms with Gasteiger partial charge in [0.05, 0.1) is 5.41 Å². The Labute approximate surface area is 76.6 Å². The normalized spacial score (nSPS) is 37.2. The molecule has 0 N–H and O–H groups in total. The largest absolute Gasteiger partial charge is 0.394 e. The summed E-state index contributed by atoms with van der Waals surface area (Å²) in [5.74, 6) is 0.184. The summed E-state index contributed by atoms with van der Waals surface area (Å²) < 4.78 is 0. The fourth-order valence-corrected chi connectivity index (χ4v) is 1.74. The molecule has 1 aliphatic carbocycles. The first-order chi connectivity index (χ1) is 5.87. The SMILES string of the molecule is S=CC1C=CC=CC12[C]=NOC2. The third kappa shape index (κ3) is 1.01. The minimum absolute atomic E-state index is 0.184. The van der Waals surface area contributed by atoms with E-state index in [1.165, 1.54) is 0 Å². The van der Waals surface area contributed by atoms with Crippen LogP contribution < -0.4 is 0 Å². The topological polar surface area (TPSA) is 21.6 Å². The van der Waals surface area contributed by atoms with Crippen molar-refractivity contribution in [2.75, 3.05) is 6.61 Å². The van der Waals surface area contributed by atoms with Crippen molar-refractivity contribution in [2.24, 2.45) is 16.5 Å². The summed E-state index contributed by atoms with van der Waals surface area (Å²) in [7, 11) is 0. The molecule has 2 atom stereocenters. The molecule has 2 unspecified atom stereocenters. The molecule has 0 aromatic carbocycles. The fourth-order valence-electron chi connectivity index (χ4n) is 1.41. The highest BCUT2D eigenvalue weighted by molar-refractivity contribution is 7.79. The maximum absolute atomic E-state index is 4.93. The number of thiocarbonyl (C=S) groups is 1. The molecule has 1 heterocycles. The van der Waals surface area contributed by atoms with Crippen LogP contribution in [0.1, 0.15) is 0 Å². The van der Waals surface area contributed by atoms with Gasteiger partial charge in [0.1, 0.15) is 12.8 Å². The molecular formula is C9H8NOS. The minimum atomic E-state index is -0.226. The number of hydrogen-bond acceptors (Lipinski definition) is 3. The average molecular weight is 178 g/mol. The van der Waals surface area contributed by atoms with Gasteiger partial charge in [-0.3, -0.25) is 0 Å². The van der Waals surface area contributed by atoms with Gasteiger partial charge >= 0.3 is 0 Å². The lowest BCUT2D eigenvalue weighted by Gasteiger charge is -2.26. The van der Waals surface area contributed by atoms with Crippen molar-refractivity contribution in [3.05, 3.63) is 24.3 Å². The predicted molar refractivity (Wildman–Crippen MR) is 51.2 cm³/mol. The van der Waals surface area contributed by atoms with Crippen LogP contribution >= 0.6 is 12.2 Å². The van der Waals surface area contributed by atoms with E-state index in [0.29, 0.717) is 6.61 Å². The number of allylic oxidation sites excluding steroid dienone is 3. The van der Waals surface area contributed by atoms with Crippen LogP contribution in [-0.2, 0) is 4.84 Å². The molecule has 1 aliphatic heterocycles. The van der Waals surface area contributed by atoms with Gasteiger partial charge in [0.15, 0.2) is 0 Å². The van der Waals surface area contributed by atoms with Gasteiger partial charge < -0.3 is 4.84 Å². The maximum atomic E-state index is 4.93. The van der Waals surface area contributed by atoms with Crippen molar-refractivity contribution in [3.63, 3.8) is 0 Å². The first-order valence-electron chi connectivity index (χ1n) is 3.78. The molecule has 12 heavy (non-hydrogen) atoms. The lowest BCUT2D eigenvalue weighted by molar-refractivity contribution is 0.130. The minimum Gasteiger partial charge on any atom is -0.394 e. The van der Waals surface area contributed by atoms with Crippen molar-refractivity contribution in [1.82, 2.24) is 0 Å². The Kier molecular flexibility index (Phi) is 1.81. The van der Waals surface area contributed by atoms with E-state index in [9.17, 15) is 0 Å². The van der Waals surface area contributed by atoms with E-state index in [0.717, 1.165) is 0 Å². The average Bonchev–Trinajstić information content (AvgIpc) is 2.55. The molecule has 0 saturated carbocycles. The van der Waals surface area contributed by atoms with Gasteiger partial charge in [-0.15, -0.1) is 0 Å². The van der Waals surface area contributed by atoms with Gasteiger partial charge in [-0.1, -0.05) is 41.7 Å². The first-order valence-corrected chi connectivity index (χ1v) is 4.25. The Morgan fingerprint density at radius 3 is 3.25 bits per heavy atom. The monoisotopic (exact) mass is 178 g/mol. The summed E-state index contributed by atoms with van der Waals surface area (Å²) in [6.45, 7) is 0.547. The second kappa shape index (κ2) is 2.83. The first kappa shape index (κ1) is 7.68. The molecule has 0 amide bonds. The van der Waals surface area contributed by atoms with Crippen LogP contribution in [0, 0.1) is 11.3 Å². The molecule has 0 fully saturated rings. The molecule has 61 valence electrons. The molecule has 2 aliphatic rings. The summed E-state index contributed by atoms with van der Waals surface area (Å²) in [4.78, 5) is 4.93. The number of rotatable bonds is 1. The smallest absolute Gasteiger partial charge is 0.132 e. The summed E-state index contributed by atoms with van der Waals surface area (Å²) in [5.41, 5.74) is -0.226. The van der Waals surface area contributed by atoms with E-state index < -0.39 is 0 Å². The highest BCUT2D eigenvalue weighted by Crippen LogP contribution is 2.34.